The molecule has 0 aliphatic rings. The van der Waals surface area contributed by atoms with Gasteiger partial charge in [0.25, 0.3) is 0 Å². The molecule has 0 spiro atoms. The lowest BCUT2D eigenvalue weighted by Crippen LogP contribution is -2.06. The molecule has 6 nitrogen and oxygen atoms in total. The number of aromatic nitrogens is 2. The smallest absolute Gasteiger partial charge is 0.306 e. The molecule has 0 unspecified atom stereocenters. The van der Waals surface area contributed by atoms with Crippen molar-refractivity contribution in [2.45, 2.75) is 19.4 Å². The number of carbonyl (C=O) groups excluding carboxylic acids is 1. The highest BCUT2D eigenvalue weighted by atomic mass is 35.5. The largest absolute Gasteiger partial charge is 0.497 e. The van der Waals surface area contributed by atoms with Gasteiger partial charge in [-0.25, -0.2) is 0 Å². The Hall–Kier alpha value is -2.86. The molecule has 0 atom stereocenters. The maximum absolute atomic E-state index is 11.9. The number of carbonyl (C=O) groups is 1. The lowest BCUT2D eigenvalue weighted by Gasteiger charge is -2.05. The van der Waals surface area contributed by atoms with Crippen molar-refractivity contribution in [3.8, 4) is 17.1 Å². The summed E-state index contributed by atoms with van der Waals surface area (Å²) in [5, 5.41) is 4.55. The summed E-state index contributed by atoms with van der Waals surface area (Å²) < 4.78 is 15.6. The molecule has 0 bridgehead atoms. The summed E-state index contributed by atoms with van der Waals surface area (Å²) in [5.41, 5.74) is 1.66. The van der Waals surface area contributed by atoms with Crippen molar-refractivity contribution >= 4 is 17.6 Å². The van der Waals surface area contributed by atoms with Gasteiger partial charge in [0.1, 0.15) is 12.4 Å². The number of methoxy groups -OCH3 is 1. The van der Waals surface area contributed by atoms with Gasteiger partial charge >= 0.3 is 5.97 Å². The fourth-order valence-corrected chi connectivity index (χ4v) is 2.41. The Morgan fingerprint density at radius 1 is 1.19 bits per heavy atom. The van der Waals surface area contributed by atoms with E-state index in [-0.39, 0.29) is 19.0 Å². The number of hydrogen-bond acceptors (Lipinski definition) is 6. The van der Waals surface area contributed by atoms with E-state index in [9.17, 15) is 4.79 Å². The zero-order valence-corrected chi connectivity index (χ0v) is 14.9. The van der Waals surface area contributed by atoms with Crippen molar-refractivity contribution in [3.63, 3.8) is 0 Å². The van der Waals surface area contributed by atoms with Crippen molar-refractivity contribution in [2.24, 2.45) is 0 Å². The molecule has 3 aromatic rings. The highest BCUT2D eigenvalue weighted by molar-refractivity contribution is 6.30. The van der Waals surface area contributed by atoms with E-state index in [2.05, 4.69) is 10.1 Å². The van der Waals surface area contributed by atoms with E-state index in [4.69, 9.17) is 25.6 Å². The molecule has 134 valence electrons. The fourth-order valence-electron chi connectivity index (χ4n) is 2.28. The molecule has 1 aromatic heterocycles. The summed E-state index contributed by atoms with van der Waals surface area (Å²) in [6, 6.07) is 14.5. The van der Waals surface area contributed by atoms with Gasteiger partial charge in [0.15, 0.2) is 0 Å². The van der Waals surface area contributed by atoms with E-state index >= 15 is 0 Å². The van der Waals surface area contributed by atoms with Gasteiger partial charge in [0, 0.05) is 17.0 Å². The summed E-state index contributed by atoms with van der Waals surface area (Å²) in [5.74, 6) is 1.23. The third kappa shape index (κ3) is 4.83. The Morgan fingerprint density at radius 3 is 2.77 bits per heavy atom. The zero-order chi connectivity index (χ0) is 18.4. The molecule has 0 aliphatic carbocycles. The molecule has 0 amide bonds. The van der Waals surface area contributed by atoms with Crippen LogP contribution in [0.15, 0.2) is 53.1 Å². The molecule has 1 heterocycles. The normalized spacial score (nSPS) is 10.5. The number of benzene rings is 2. The molecular weight excluding hydrogens is 356 g/mol. The third-order valence-electron chi connectivity index (χ3n) is 3.65. The second-order valence-corrected chi connectivity index (χ2v) is 5.97. The third-order valence-corrected chi connectivity index (χ3v) is 3.90. The van der Waals surface area contributed by atoms with Crippen molar-refractivity contribution in [1.29, 1.82) is 0 Å². The number of halogens is 1. The van der Waals surface area contributed by atoms with Gasteiger partial charge in [-0.2, -0.15) is 4.98 Å². The van der Waals surface area contributed by atoms with Crippen molar-refractivity contribution in [3.05, 3.63) is 65.0 Å². The Bertz CT molecular complexity index is 877. The quantitative estimate of drug-likeness (QED) is 0.582. The van der Waals surface area contributed by atoms with Crippen LogP contribution in [0, 0.1) is 0 Å². The van der Waals surface area contributed by atoms with Gasteiger partial charge in [0.2, 0.25) is 11.7 Å². The Kier molecular flexibility index (Phi) is 5.86. The summed E-state index contributed by atoms with van der Waals surface area (Å²) in [4.78, 5) is 16.2. The van der Waals surface area contributed by atoms with Gasteiger partial charge in [0.05, 0.1) is 13.5 Å². The molecule has 0 radical (unpaired) electrons. The minimum Gasteiger partial charge on any atom is -0.497 e. The van der Waals surface area contributed by atoms with Crippen molar-refractivity contribution < 1.29 is 18.8 Å². The minimum absolute atomic E-state index is 0.159. The first kappa shape index (κ1) is 17.9. The van der Waals surface area contributed by atoms with Crippen LogP contribution in [-0.4, -0.2) is 23.2 Å². The van der Waals surface area contributed by atoms with Crippen LogP contribution < -0.4 is 4.74 Å². The second kappa shape index (κ2) is 8.49. The highest BCUT2D eigenvalue weighted by Gasteiger charge is 2.11. The SMILES string of the molecule is COc1cccc(COC(=O)CCc2nc(-c3ccc(Cl)cc3)no2)c1. The van der Waals surface area contributed by atoms with E-state index in [0.29, 0.717) is 23.2 Å². The lowest BCUT2D eigenvalue weighted by atomic mass is 10.2. The van der Waals surface area contributed by atoms with Crippen LogP contribution in [0.2, 0.25) is 5.02 Å². The average Bonchev–Trinajstić information content (AvgIpc) is 3.14. The number of nitrogens with zero attached hydrogens (tertiary/aromatic N) is 2. The van der Waals surface area contributed by atoms with Gasteiger partial charge in [-0.05, 0) is 42.0 Å². The first-order valence-electron chi connectivity index (χ1n) is 8.01. The maximum Gasteiger partial charge on any atom is 0.306 e. The van der Waals surface area contributed by atoms with Crippen LogP contribution in [0.25, 0.3) is 11.4 Å². The maximum atomic E-state index is 11.9. The molecule has 0 N–H and O–H groups in total. The van der Waals surface area contributed by atoms with Crippen LogP contribution in [0.1, 0.15) is 17.9 Å². The molecule has 0 saturated carbocycles. The Balaban J connectivity index is 1.49. The van der Waals surface area contributed by atoms with Gasteiger partial charge in [-0.3, -0.25) is 4.79 Å². The van der Waals surface area contributed by atoms with Gasteiger partial charge in [-0.15, -0.1) is 0 Å². The molecule has 26 heavy (non-hydrogen) atoms. The van der Waals surface area contributed by atoms with E-state index in [0.717, 1.165) is 16.9 Å². The van der Waals surface area contributed by atoms with Crippen molar-refractivity contribution in [1.82, 2.24) is 10.1 Å². The topological polar surface area (TPSA) is 74.5 Å². The molecule has 0 saturated heterocycles. The Morgan fingerprint density at radius 2 is 2.00 bits per heavy atom. The molecule has 0 fully saturated rings. The van der Waals surface area contributed by atoms with Crippen LogP contribution in [-0.2, 0) is 22.6 Å². The summed E-state index contributed by atoms with van der Waals surface area (Å²) in [7, 11) is 1.59. The van der Waals surface area contributed by atoms with Gasteiger partial charge in [-0.1, -0.05) is 28.9 Å². The first-order chi connectivity index (χ1) is 12.6. The number of ether oxygens (including phenoxy) is 2. The molecule has 3 rings (SSSR count). The van der Waals surface area contributed by atoms with E-state index in [1.54, 1.807) is 31.4 Å². The number of aryl methyl sites for hydroxylation is 1. The fraction of sp³-hybridized carbons (Fsp3) is 0.211. The second-order valence-electron chi connectivity index (χ2n) is 5.53. The van der Waals surface area contributed by atoms with Crippen molar-refractivity contribution in [2.75, 3.05) is 7.11 Å². The van der Waals surface area contributed by atoms with Gasteiger partial charge < -0.3 is 14.0 Å². The molecule has 7 heteroatoms. The average molecular weight is 373 g/mol. The lowest BCUT2D eigenvalue weighted by molar-refractivity contribution is -0.145. The zero-order valence-electron chi connectivity index (χ0n) is 14.1. The Labute approximate surface area is 155 Å². The molecule has 0 aliphatic heterocycles. The number of rotatable bonds is 7. The van der Waals surface area contributed by atoms with Crippen LogP contribution in [0.3, 0.4) is 0 Å². The van der Waals surface area contributed by atoms with Crippen LogP contribution >= 0.6 is 11.6 Å². The van der Waals surface area contributed by atoms with E-state index in [1.807, 2.05) is 24.3 Å². The minimum atomic E-state index is -0.334. The summed E-state index contributed by atoms with van der Waals surface area (Å²) in [6.45, 7) is 0.190. The summed E-state index contributed by atoms with van der Waals surface area (Å²) >= 11 is 5.86. The van der Waals surface area contributed by atoms with E-state index in [1.165, 1.54) is 0 Å². The van der Waals surface area contributed by atoms with Crippen LogP contribution in [0.4, 0.5) is 0 Å². The summed E-state index contributed by atoms with van der Waals surface area (Å²) in [6.07, 6.45) is 0.476. The first-order valence-corrected chi connectivity index (χ1v) is 8.39. The standard InChI is InChI=1S/C19H17ClN2O4/c1-24-16-4-2-3-13(11-16)12-25-18(23)10-9-17-21-19(22-26-17)14-5-7-15(20)8-6-14/h2-8,11H,9-10,12H2,1H3. The number of esters is 1. The number of hydrogen-bond donors (Lipinski definition) is 0. The predicted molar refractivity (Wildman–Crippen MR) is 95.9 cm³/mol. The van der Waals surface area contributed by atoms with Crippen LogP contribution in [0.5, 0.6) is 5.75 Å². The monoisotopic (exact) mass is 372 g/mol. The highest BCUT2D eigenvalue weighted by Crippen LogP contribution is 2.19. The predicted octanol–water partition coefficient (Wildman–Crippen LogP) is 4.07. The molecule has 2 aromatic carbocycles. The molecular formula is C19H17ClN2O4. The van der Waals surface area contributed by atoms with E-state index < -0.39 is 0 Å².